The van der Waals surface area contributed by atoms with Gasteiger partial charge in [-0.3, -0.25) is 0 Å². The largest absolute Gasteiger partial charge is 0.393 e. The number of nitrogens with zero attached hydrogens (tertiary/aromatic N) is 1. The van der Waals surface area contributed by atoms with E-state index in [-0.39, 0.29) is 6.10 Å². The first-order valence-corrected chi connectivity index (χ1v) is 6.10. The van der Waals surface area contributed by atoms with Crippen LogP contribution in [0.5, 0.6) is 0 Å². The Morgan fingerprint density at radius 1 is 1.29 bits per heavy atom. The molecule has 1 aliphatic carbocycles. The third-order valence-electron chi connectivity index (χ3n) is 3.28. The normalized spacial score (nSPS) is 19.0. The van der Waals surface area contributed by atoms with Crippen LogP contribution in [0.25, 0.3) is 0 Å². The molecule has 3 heteroatoms. The second kappa shape index (κ2) is 4.34. The smallest absolute Gasteiger partial charge is 0.110 e. The van der Waals surface area contributed by atoms with Crippen LogP contribution < -0.4 is 0 Å². The molecule has 3 rings (SSSR count). The second-order valence-corrected chi connectivity index (χ2v) is 4.67. The summed E-state index contributed by atoms with van der Waals surface area (Å²) in [5.41, 5.74) is 3.52. The number of fused-ring (bicyclic) bond motifs is 1. The molecule has 0 bridgehead atoms. The molecule has 0 saturated heterocycles. The van der Waals surface area contributed by atoms with Crippen LogP contribution in [0.3, 0.4) is 0 Å². The maximum absolute atomic E-state index is 9.61. The number of imidazole rings is 1. The lowest BCUT2D eigenvalue weighted by Crippen LogP contribution is -2.18. The quantitative estimate of drug-likeness (QED) is 0.824. The van der Waals surface area contributed by atoms with E-state index < -0.39 is 0 Å². The first-order chi connectivity index (χ1) is 8.31. The molecule has 1 heterocycles. The van der Waals surface area contributed by atoms with Crippen LogP contribution in [0.2, 0.25) is 0 Å². The summed E-state index contributed by atoms with van der Waals surface area (Å²) in [6, 6.07) is 10.3. The molecule has 2 N–H and O–H groups in total. The fourth-order valence-corrected chi connectivity index (χ4v) is 2.39. The molecule has 0 amide bonds. The van der Waals surface area contributed by atoms with Gasteiger partial charge in [-0.25, -0.2) is 4.98 Å². The molecule has 0 aliphatic heterocycles. The van der Waals surface area contributed by atoms with E-state index in [0.29, 0.717) is 0 Å². The Morgan fingerprint density at radius 3 is 2.94 bits per heavy atom. The first kappa shape index (κ1) is 10.5. The molecular weight excluding hydrogens is 212 g/mol. The van der Waals surface area contributed by atoms with Crippen molar-refractivity contribution in [1.82, 2.24) is 9.97 Å². The van der Waals surface area contributed by atoms with E-state index in [1.54, 1.807) is 0 Å². The van der Waals surface area contributed by atoms with Crippen molar-refractivity contribution < 1.29 is 5.11 Å². The predicted molar refractivity (Wildman–Crippen MR) is 65.9 cm³/mol. The van der Waals surface area contributed by atoms with Crippen LogP contribution in [-0.2, 0) is 19.3 Å². The summed E-state index contributed by atoms with van der Waals surface area (Å²) < 4.78 is 0. The van der Waals surface area contributed by atoms with E-state index in [1.807, 2.05) is 18.2 Å². The minimum Gasteiger partial charge on any atom is -0.393 e. The predicted octanol–water partition coefficient (Wildman–Crippen LogP) is 1.85. The lowest BCUT2D eigenvalue weighted by atomic mass is 9.99. The van der Waals surface area contributed by atoms with Gasteiger partial charge in [0.15, 0.2) is 0 Å². The topological polar surface area (TPSA) is 48.9 Å². The van der Waals surface area contributed by atoms with Crippen molar-refractivity contribution in [2.75, 3.05) is 0 Å². The second-order valence-electron chi connectivity index (χ2n) is 4.67. The molecular formula is C14H16N2O. The van der Waals surface area contributed by atoms with E-state index in [4.69, 9.17) is 0 Å². The Kier molecular flexibility index (Phi) is 2.69. The van der Waals surface area contributed by atoms with Gasteiger partial charge in [-0.1, -0.05) is 30.3 Å². The maximum Gasteiger partial charge on any atom is 0.110 e. The number of H-pyrrole nitrogens is 1. The van der Waals surface area contributed by atoms with Crippen molar-refractivity contribution in [3.05, 3.63) is 53.1 Å². The summed E-state index contributed by atoms with van der Waals surface area (Å²) in [5.74, 6) is 1.01. The van der Waals surface area contributed by atoms with E-state index >= 15 is 0 Å². The van der Waals surface area contributed by atoms with Crippen molar-refractivity contribution in [3.8, 4) is 0 Å². The number of nitrogens with one attached hydrogen (secondary N) is 1. The zero-order valence-electron chi connectivity index (χ0n) is 9.69. The summed E-state index contributed by atoms with van der Waals surface area (Å²) >= 11 is 0. The Morgan fingerprint density at radius 2 is 2.12 bits per heavy atom. The number of aromatic nitrogens is 2. The fraction of sp³-hybridized carbons (Fsp3) is 0.357. The molecule has 0 saturated carbocycles. The van der Waals surface area contributed by atoms with Crippen LogP contribution >= 0.6 is 0 Å². The minimum absolute atomic E-state index is 0.201. The number of aryl methyl sites for hydroxylation is 1. The van der Waals surface area contributed by atoms with Crippen LogP contribution in [0.15, 0.2) is 30.3 Å². The zero-order chi connectivity index (χ0) is 11.7. The van der Waals surface area contributed by atoms with Gasteiger partial charge < -0.3 is 10.1 Å². The summed E-state index contributed by atoms with van der Waals surface area (Å²) in [6.07, 6.45) is 3.08. The number of hydrogen-bond donors (Lipinski definition) is 2. The van der Waals surface area contributed by atoms with E-state index in [9.17, 15) is 5.11 Å². The molecule has 1 unspecified atom stereocenters. The van der Waals surface area contributed by atoms with E-state index in [0.717, 1.165) is 42.9 Å². The highest BCUT2D eigenvalue weighted by Gasteiger charge is 2.20. The van der Waals surface area contributed by atoms with Crippen molar-refractivity contribution in [3.63, 3.8) is 0 Å². The van der Waals surface area contributed by atoms with Gasteiger partial charge in [0.1, 0.15) is 5.82 Å². The third-order valence-corrected chi connectivity index (χ3v) is 3.28. The van der Waals surface area contributed by atoms with Gasteiger partial charge in [0.25, 0.3) is 0 Å². The molecule has 0 radical (unpaired) electrons. The zero-order valence-corrected chi connectivity index (χ0v) is 9.69. The average molecular weight is 228 g/mol. The Balaban J connectivity index is 1.81. The molecule has 88 valence electrons. The molecule has 2 aromatic rings. The van der Waals surface area contributed by atoms with Gasteiger partial charge in [0.05, 0.1) is 11.8 Å². The van der Waals surface area contributed by atoms with E-state index in [1.165, 1.54) is 5.56 Å². The average Bonchev–Trinajstić information content (AvgIpc) is 2.71. The van der Waals surface area contributed by atoms with Gasteiger partial charge in [-0.2, -0.15) is 0 Å². The molecule has 1 atom stereocenters. The minimum atomic E-state index is -0.201. The number of benzene rings is 1. The third kappa shape index (κ3) is 2.24. The first-order valence-electron chi connectivity index (χ1n) is 6.10. The molecule has 1 aliphatic rings. The van der Waals surface area contributed by atoms with Crippen molar-refractivity contribution in [1.29, 1.82) is 0 Å². The summed E-state index contributed by atoms with van der Waals surface area (Å²) in [5, 5.41) is 9.61. The molecule has 1 aromatic carbocycles. The van der Waals surface area contributed by atoms with Crippen LogP contribution in [-0.4, -0.2) is 21.2 Å². The summed E-state index contributed by atoms with van der Waals surface area (Å²) in [4.78, 5) is 7.96. The highest BCUT2D eigenvalue weighted by atomic mass is 16.3. The van der Waals surface area contributed by atoms with Crippen molar-refractivity contribution in [2.45, 2.75) is 31.8 Å². The van der Waals surface area contributed by atoms with Crippen molar-refractivity contribution >= 4 is 0 Å². The van der Waals surface area contributed by atoms with Gasteiger partial charge in [-0.05, 0) is 18.4 Å². The highest BCUT2D eigenvalue weighted by Crippen LogP contribution is 2.20. The van der Waals surface area contributed by atoms with E-state index in [2.05, 4.69) is 22.1 Å². The molecule has 0 fully saturated rings. The number of aliphatic hydroxyl groups is 1. The van der Waals surface area contributed by atoms with Crippen LogP contribution in [0.4, 0.5) is 0 Å². The summed E-state index contributed by atoms with van der Waals surface area (Å²) in [7, 11) is 0. The number of aromatic amines is 1. The van der Waals surface area contributed by atoms with Crippen LogP contribution in [0.1, 0.15) is 29.2 Å². The molecule has 1 aromatic heterocycles. The monoisotopic (exact) mass is 228 g/mol. The highest BCUT2D eigenvalue weighted by molar-refractivity contribution is 5.24. The maximum atomic E-state index is 9.61. The molecule has 0 spiro atoms. The molecule has 17 heavy (non-hydrogen) atoms. The Bertz CT molecular complexity index is 504. The van der Waals surface area contributed by atoms with Gasteiger partial charge >= 0.3 is 0 Å². The Labute approximate surface area is 101 Å². The van der Waals surface area contributed by atoms with Crippen LogP contribution in [0, 0.1) is 0 Å². The summed E-state index contributed by atoms with van der Waals surface area (Å²) in [6.45, 7) is 0. The molecule has 3 nitrogen and oxygen atoms in total. The van der Waals surface area contributed by atoms with Gasteiger partial charge in [0.2, 0.25) is 0 Å². The van der Waals surface area contributed by atoms with Crippen molar-refractivity contribution in [2.24, 2.45) is 0 Å². The number of hydrogen-bond acceptors (Lipinski definition) is 2. The standard InChI is InChI=1S/C14H16N2O/c17-11-6-7-12-13(9-11)16-14(15-12)8-10-4-2-1-3-5-10/h1-5,11,17H,6-9H2,(H,15,16). The fourth-order valence-electron chi connectivity index (χ4n) is 2.39. The van der Waals surface area contributed by atoms with Gasteiger partial charge in [0, 0.05) is 18.5 Å². The Hall–Kier alpha value is -1.61. The number of aliphatic hydroxyl groups excluding tert-OH is 1. The lowest BCUT2D eigenvalue weighted by molar-refractivity contribution is 0.157. The van der Waals surface area contributed by atoms with Gasteiger partial charge in [-0.15, -0.1) is 0 Å². The SMILES string of the molecule is OC1CCc2nc(Cc3ccccc3)[nH]c2C1. The lowest BCUT2D eigenvalue weighted by Gasteiger charge is -2.14. The number of rotatable bonds is 2.